The molecule has 2 aromatic heterocycles. The topological polar surface area (TPSA) is 59.2 Å². The first-order chi connectivity index (χ1) is 14.0. The molecule has 0 aliphatic carbocycles. The van der Waals surface area contributed by atoms with Crippen LogP contribution in [-0.2, 0) is 0 Å². The predicted octanol–water partition coefficient (Wildman–Crippen LogP) is 6.77. The molecule has 0 aliphatic rings. The molecule has 4 rings (SSSR count). The monoisotopic (exact) mass is 446 g/mol. The highest BCUT2D eigenvalue weighted by Crippen LogP contribution is 2.37. The lowest BCUT2D eigenvalue weighted by molar-refractivity contribution is 0.219. The lowest BCUT2D eigenvalue weighted by Gasteiger charge is -2.11. The number of hydrogen-bond acceptors (Lipinski definition) is 4. The highest BCUT2D eigenvalue weighted by atomic mass is 35.5. The first-order valence-corrected chi connectivity index (χ1v) is 9.81. The fraction of sp³-hybridized carbons (Fsp3) is 0.0909. The third kappa shape index (κ3) is 5.37. The fourth-order valence-electron chi connectivity index (χ4n) is 2.70. The van der Waals surface area contributed by atoms with Crippen LogP contribution in [0.15, 0.2) is 77.6 Å². The van der Waals surface area contributed by atoms with Crippen molar-refractivity contribution in [2.45, 2.75) is 13.0 Å². The summed E-state index contributed by atoms with van der Waals surface area (Å²) in [6.07, 6.45) is 2.41. The van der Waals surface area contributed by atoms with Gasteiger partial charge < -0.3 is 9.63 Å². The van der Waals surface area contributed by atoms with E-state index in [0.29, 0.717) is 43.2 Å². The minimum atomic E-state index is -0.865. The van der Waals surface area contributed by atoms with Gasteiger partial charge in [0.2, 0.25) is 0 Å². The van der Waals surface area contributed by atoms with Crippen molar-refractivity contribution in [2.24, 2.45) is 0 Å². The van der Waals surface area contributed by atoms with Crippen LogP contribution in [0.1, 0.15) is 22.9 Å². The van der Waals surface area contributed by atoms with Crippen molar-refractivity contribution in [1.82, 2.24) is 10.1 Å². The summed E-state index contributed by atoms with van der Waals surface area (Å²) in [4.78, 5) is 4.03. The smallest absolute Gasteiger partial charge is 0.174 e. The third-order valence-corrected chi connectivity index (χ3v) is 4.89. The van der Waals surface area contributed by atoms with Gasteiger partial charge in [-0.05, 0) is 43.3 Å². The maximum absolute atomic E-state index is 10.6. The van der Waals surface area contributed by atoms with Crippen LogP contribution in [0, 0.1) is 6.92 Å². The molecule has 4 nitrogen and oxygen atoms in total. The maximum atomic E-state index is 10.6. The van der Waals surface area contributed by atoms with Crippen molar-refractivity contribution < 1.29 is 9.63 Å². The number of benzene rings is 2. The molecule has 0 bridgehead atoms. The molecular weight excluding hydrogens is 431 g/mol. The van der Waals surface area contributed by atoms with Gasteiger partial charge in [-0.15, -0.1) is 0 Å². The molecule has 0 amide bonds. The van der Waals surface area contributed by atoms with Crippen molar-refractivity contribution in [3.63, 3.8) is 0 Å². The normalized spacial score (nSPS) is 11.5. The summed E-state index contributed by atoms with van der Waals surface area (Å²) in [6.45, 7) is 1.79. The molecule has 29 heavy (non-hydrogen) atoms. The lowest BCUT2D eigenvalue weighted by atomic mass is 9.98. The van der Waals surface area contributed by atoms with E-state index in [1.807, 2.05) is 24.3 Å². The second-order valence-electron chi connectivity index (χ2n) is 6.12. The summed E-state index contributed by atoms with van der Waals surface area (Å²) in [5, 5.41) is 16.5. The van der Waals surface area contributed by atoms with E-state index in [0.717, 1.165) is 0 Å². The zero-order valence-electron chi connectivity index (χ0n) is 15.4. The third-order valence-electron chi connectivity index (χ3n) is 4.09. The number of hydrogen-bond donors (Lipinski definition) is 1. The number of aliphatic hydroxyl groups excluding tert-OH is 1. The van der Waals surface area contributed by atoms with Crippen LogP contribution >= 0.6 is 34.8 Å². The Morgan fingerprint density at radius 2 is 1.66 bits per heavy atom. The molecule has 0 aliphatic heterocycles. The lowest BCUT2D eigenvalue weighted by Crippen LogP contribution is -2.02. The van der Waals surface area contributed by atoms with Gasteiger partial charge in [0.25, 0.3) is 0 Å². The van der Waals surface area contributed by atoms with Gasteiger partial charge in [-0.3, -0.25) is 4.98 Å². The van der Waals surface area contributed by atoms with Gasteiger partial charge in [-0.1, -0.05) is 64.2 Å². The van der Waals surface area contributed by atoms with Gasteiger partial charge in [-0.2, -0.15) is 0 Å². The molecule has 7 heteroatoms. The number of rotatable bonds is 3. The molecule has 0 radical (unpaired) electrons. The zero-order chi connectivity index (χ0) is 20.8. The second kappa shape index (κ2) is 9.90. The average Bonchev–Trinajstić information content (AvgIpc) is 3.10. The van der Waals surface area contributed by atoms with Gasteiger partial charge in [-0.25, -0.2) is 0 Å². The number of nitrogens with zero attached hydrogens (tertiary/aromatic N) is 2. The summed E-state index contributed by atoms with van der Waals surface area (Å²) in [5.74, 6) is 0.481. The molecule has 4 aromatic rings. The van der Waals surface area contributed by atoms with Crippen molar-refractivity contribution in [3.8, 4) is 11.3 Å². The SMILES string of the molecule is Cc1noc(-c2ccccc2Cl)c1C(O)c1cccnc1.Clc1cccc(Cl)c1. The van der Waals surface area contributed by atoms with Gasteiger partial charge in [0.05, 0.1) is 16.3 Å². The Morgan fingerprint density at radius 3 is 2.24 bits per heavy atom. The average molecular weight is 448 g/mol. The first-order valence-electron chi connectivity index (χ1n) is 8.67. The minimum Gasteiger partial charge on any atom is -0.383 e. The molecule has 1 N–H and O–H groups in total. The molecule has 0 spiro atoms. The molecule has 0 saturated heterocycles. The maximum Gasteiger partial charge on any atom is 0.174 e. The highest BCUT2D eigenvalue weighted by Gasteiger charge is 2.24. The van der Waals surface area contributed by atoms with E-state index in [1.165, 1.54) is 0 Å². The standard InChI is InChI=1S/C16H13ClN2O2.C6H4Cl2/c1-10-14(15(20)11-5-4-8-18-9-11)16(21-19-10)12-6-2-3-7-13(12)17;7-5-2-1-3-6(8)4-5/h2-9,15,20H,1H3;1-4H. The number of aryl methyl sites for hydroxylation is 1. The molecule has 1 unspecified atom stereocenters. The van der Waals surface area contributed by atoms with Gasteiger partial charge in [0.1, 0.15) is 6.10 Å². The van der Waals surface area contributed by atoms with Crippen molar-refractivity contribution in [2.75, 3.05) is 0 Å². The second-order valence-corrected chi connectivity index (χ2v) is 7.40. The number of aliphatic hydroxyl groups is 1. The van der Waals surface area contributed by atoms with Crippen LogP contribution in [0.5, 0.6) is 0 Å². The fourth-order valence-corrected chi connectivity index (χ4v) is 3.36. The van der Waals surface area contributed by atoms with Crippen LogP contribution in [0.3, 0.4) is 0 Å². The van der Waals surface area contributed by atoms with E-state index >= 15 is 0 Å². The van der Waals surface area contributed by atoms with Gasteiger partial charge in [0.15, 0.2) is 5.76 Å². The minimum absolute atomic E-state index is 0.481. The molecule has 2 aromatic carbocycles. The Hall–Kier alpha value is -2.37. The van der Waals surface area contributed by atoms with Crippen LogP contribution in [0.25, 0.3) is 11.3 Å². The Balaban J connectivity index is 0.000000252. The summed E-state index contributed by atoms with van der Waals surface area (Å²) in [7, 11) is 0. The van der Waals surface area contributed by atoms with Crippen molar-refractivity contribution in [3.05, 3.63) is 105 Å². The number of pyridine rings is 1. The van der Waals surface area contributed by atoms with E-state index < -0.39 is 6.10 Å². The van der Waals surface area contributed by atoms with E-state index in [2.05, 4.69) is 10.1 Å². The Kier molecular flexibility index (Phi) is 7.29. The Bertz CT molecular complexity index is 1070. The van der Waals surface area contributed by atoms with Crippen LogP contribution in [-0.4, -0.2) is 15.2 Å². The largest absolute Gasteiger partial charge is 0.383 e. The molecule has 0 saturated carbocycles. The van der Waals surface area contributed by atoms with Crippen LogP contribution in [0.4, 0.5) is 0 Å². The van der Waals surface area contributed by atoms with E-state index in [-0.39, 0.29) is 0 Å². The molecular formula is C22H17Cl3N2O2. The summed E-state index contributed by atoms with van der Waals surface area (Å²) in [5.41, 5.74) is 2.62. The highest BCUT2D eigenvalue weighted by molar-refractivity contribution is 6.34. The summed E-state index contributed by atoms with van der Waals surface area (Å²) >= 11 is 17.3. The van der Waals surface area contributed by atoms with Crippen LogP contribution in [0.2, 0.25) is 15.1 Å². The predicted molar refractivity (Wildman–Crippen MR) is 116 cm³/mol. The van der Waals surface area contributed by atoms with Crippen LogP contribution < -0.4 is 0 Å². The van der Waals surface area contributed by atoms with E-state index in [1.54, 1.807) is 55.7 Å². The van der Waals surface area contributed by atoms with Gasteiger partial charge in [0, 0.05) is 33.6 Å². The van der Waals surface area contributed by atoms with E-state index in [4.69, 9.17) is 39.3 Å². The number of aromatic nitrogens is 2. The molecule has 0 fully saturated rings. The molecule has 2 heterocycles. The van der Waals surface area contributed by atoms with Crippen molar-refractivity contribution >= 4 is 34.8 Å². The molecule has 1 atom stereocenters. The summed E-state index contributed by atoms with van der Waals surface area (Å²) < 4.78 is 5.39. The van der Waals surface area contributed by atoms with E-state index in [9.17, 15) is 5.11 Å². The summed E-state index contributed by atoms with van der Waals surface area (Å²) in [6, 6.07) is 18.0. The van der Waals surface area contributed by atoms with Gasteiger partial charge >= 0.3 is 0 Å². The Labute approximate surface area is 183 Å². The van der Waals surface area contributed by atoms with Crippen molar-refractivity contribution in [1.29, 1.82) is 0 Å². The molecule has 148 valence electrons. The first kappa shape index (κ1) is 21.3. The quantitative estimate of drug-likeness (QED) is 0.376. The Morgan fingerprint density at radius 1 is 0.931 bits per heavy atom. The number of halogens is 3. The zero-order valence-corrected chi connectivity index (χ0v) is 17.7.